The van der Waals surface area contributed by atoms with Gasteiger partial charge in [0.15, 0.2) is 5.82 Å². The number of fused-ring (bicyclic) bond motifs is 2. The lowest BCUT2D eigenvalue weighted by Crippen LogP contribution is -2.48. The molecule has 6 heteroatoms. The number of piperazine rings is 1. The Kier molecular flexibility index (Phi) is 4.82. The minimum atomic E-state index is -0.420. The zero-order valence-corrected chi connectivity index (χ0v) is 17.0. The number of anilines is 1. The molecule has 3 heterocycles. The van der Waals surface area contributed by atoms with E-state index in [1.807, 2.05) is 48.5 Å². The molecule has 1 aliphatic rings. The second-order valence-corrected chi connectivity index (χ2v) is 7.56. The number of carbonyl (C=O) groups is 1. The van der Waals surface area contributed by atoms with Gasteiger partial charge in [-0.2, -0.15) is 0 Å². The molecule has 0 spiro atoms. The maximum Gasteiger partial charge on any atom is 0.246 e. The van der Waals surface area contributed by atoms with Gasteiger partial charge in [-0.05, 0) is 22.9 Å². The van der Waals surface area contributed by atoms with Gasteiger partial charge in [-0.15, -0.1) is 0 Å². The maximum absolute atomic E-state index is 15.6. The molecule has 1 fully saturated rings. The summed E-state index contributed by atoms with van der Waals surface area (Å²) in [6.45, 7) is 6.06. The zero-order chi connectivity index (χ0) is 21.4. The van der Waals surface area contributed by atoms with E-state index in [9.17, 15) is 4.79 Å². The van der Waals surface area contributed by atoms with E-state index in [0.29, 0.717) is 42.8 Å². The monoisotopic (exact) mass is 412 g/mol. The lowest BCUT2D eigenvalue weighted by Gasteiger charge is -2.36. The largest absolute Gasteiger partial charge is 0.367 e. The predicted molar refractivity (Wildman–Crippen MR) is 121 cm³/mol. The minimum absolute atomic E-state index is 0.0633. The molecule has 1 saturated heterocycles. The van der Waals surface area contributed by atoms with Crippen molar-refractivity contribution in [3.63, 3.8) is 0 Å². The highest BCUT2D eigenvalue weighted by Crippen LogP contribution is 2.34. The molecule has 154 valence electrons. The van der Waals surface area contributed by atoms with Crippen LogP contribution in [0.5, 0.6) is 0 Å². The number of hydrogen-bond donors (Lipinski definition) is 0. The van der Waals surface area contributed by atoms with Crippen molar-refractivity contribution in [1.29, 1.82) is 0 Å². The van der Waals surface area contributed by atoms with Crippen LogP contribution in [0.1, 0.15) is 0 Å². The summed E-state index contributed by atoms with van der Waals surface area (Å²) in [6.07, 6.45) is 4.68. The van der Waals surface area contributed by atoms with Crippen molar-refractivity contribution in [1.82, 2.24) is 14.9 Å². The Morgan fingerprint density at radius 1 is 0.968 bits per heavy atom. The number of amides is 1. The number of nitrogens with zero attached hydrogens (tertiary/aromatic N) is 4. The molecule has 1 amide bonds. The van der Waals surface area contributed by atoms with Crippen molar-refractivity contribution in [2.24, 2.45) is 0 Å². The smallest absolute Gasteiger partial charge is 0.246 e. The molecule has 0 atom stereocenters. The van der Waals surface area contributed by atoms with Crippen LogP contribution in [0.4, 0.5) is 10.1 Å². The molecule has 0 radical (unpaired) electrons. The average Bonchev–Trinajstić information content (AvgIpc) is 2.83. The van der Waals surface area contributed by atoms with E-state index in [1.54, 1.807) is 17.3 Å². The third kappa shape index (κ3) is 3.30. The third-order valence-corrected chi connectivity index (χ3v) is 5.86. The first-order valence-corrected chi connectivity index (χ1v) is 10.2. The summed E-state index contributed by atoms with van der Waals surface area (Å²) in [7, 11) is 0. The van der Waals surface area contributed by atoms with Gasteiger partial charge in [0, 0.05) is 55.2 Å². The average molecular weight is 412 g/mol. The number of benzene rings is 2. The Morgan fingerprint density at radius 3 is 2.55 bits per heavy atom. The first-order chi connectivity index (χ1) is 15.2. The summed E-state index contributed by atoms with van der Waals surface area (Å²) in [6, 6.07) is 15.6. The van der Waals surface area contributed by atoms with Gasteiger partial charge in [0.25, 0.3) is 0 Å². The first-order valence-electron chi connectivity index (χ1n) is 10.2. The predicted octanol–water partition coefficient (Wildman–Crippen LogP) is 4.42. The van der Waals surface area contributed by atoms with Crippen molar-refractivity contribution < 1.29 is 9.18 Å². The fourth-order valence-corrected chi connectivity index (χ4v) is 4.26. The summed E-state index contributed by atoms with van der Waals surface area (Å²) >= 11 is 0. The van der Waals surface area contributed by atoms with Crippen molar-refractivity contribution >= 4 is 33.3 Å². The lowest BCUT2D eigenvalue weighted by atomic mass is 10.0. The SMILES string of the molecule is C=CC(=O)N1CCN(c2ccnc3c(F)c(-c4cccc5ccccc45)ncc23)CC1. The molecular formula is C25H21FN4O. The fourth-order valence-electron chi connectivity index (χ4n) is 4.26. The van der Waals surface area contributed by atoms with Crippen molar-refractivity contribution in [2.75, 3.05) is 31.1 Å². The second-order valence-electron chi connectivity index (χ2n) is 7.56. The number of rotatable bonds is 3. The summed E-state index contributed by atoms with van der Waals surface area (Å²) in [5.74, 6) is -0.483. The van der Waals surface area contributed by atoms with Gasteiger partial charge in [-0.1, -0.05) is 49.0 Å². The Labute approximate surface area is 179 Å². The van der Waals surface area contributed by atoms with Crippen LogP contribution in [0, 0.1) is 5.82 Å². The standard InChI is InChI=1S/C25H21FN4O/c1-2-22(31)30-14-12-29(13-15-30)21-10-11-27-25-20(21)16-28-24(23(25)26)19-9-5-7-17-6-3-4-8-18(17)19/h2-11,16H,1,12-15H2. The van der Waals surface area contributed by atoms with Gasteiger partial charge in [0.1, 0.15) is 11.2 Å². The molecular weight excluding hydrogens is 391 g/mol. The van der Waals surface area contributed by atoms with Gasteiger partial charge >= 0.3 is 0 Å². The number of aromatic nitrogens is 2. The van der Waals surface area contributed by atoms with Gasteiger partial charge in [0.05, 0.1) is 0 Å². The minimum Gasteiger partial charge on any atom is -0.367 e. The Bertz CT molecular complexity index is 1310. The summed E-state index contributed by atoms with van der Waals surface area (Å²) in [5, 5.41) is 2.66. The zero-order valence-electron chi connectivity index (χ0n) is 17.0. The fraction of sp³-hybridized carbons (Fsp3) is 0.160. The molecule has 0 saturated carbocycles. The van der Waals surface area contributed by atoms with Gasteiger partial charge in [-0.3, -0.25) is 14.8 Å². The molecule has 0 aliphatic carbocycles. The quantitative estimate of drug-likeness (QED) is 0.468. The van der Waals surface area contributed by atoms with Crippen LogP contribution in [0.25, 0.3) is 32.9 Å². The van der Waals surface area contributed by atoms with E-state index in [4.69, 9.17) is 0 Å². The molecule has 4 aromatic rings. The Hall–Kier alpha value is -3.80. The van der Waals surface area contributed by atoms with Crippen LogP contribution in [0.15, 0.2) is 73.6 Å². The normalized spacial score (nSPS) is 14.2. The summed E-state index contributed by atoms with van der Waals surface area (Å²) in [5.41, 5.74) is 2.24. The number of carbonyl (C=O) groups excluding carboxylic acids is 1. The molecule has 5 rings (SSSR count). The van der Waals surface area contributed by atoms with Crippen LogP contribution in [-0.2, 0) is 4.79 Å². The molecule has 0 bridgehead atoms. The summed E-state index contributed by atoms with van der Waals surface area (Å²) in [4.78, 5) is 24.6. The number of halogens is 1. The van der Waals surface area contributed by atoms with Crippen molar-refractivity contribution in [3.8, 4) is 11.3 Å². The Balaban J connectivity index is 1.55. The van der Waals surface area contributed by atoms with E-state index >= 15 is 4.39 Å². The highest BCUT2D eigenvalue weighted by molar-refractivity contribution is 5.99. The molecule has 0 unspecified atom stereocenters. The van der Waals surface area contributed by atoms with E-state index in [1.165, 1.54) is 6.08 Å². The molecule has 31 heavy (non-hydrogen) atoms. The van der Waals surface area contributed by atoms with Gasteiger partial charge in [0.2, 0.25) is 5.91 Å². The van der Waals surface area contributed by atoms with E-state index in [2.05, 4.69) is 21.4 Å². The van der Waals surface area contributed by atoms with Crippen LogP contribution in [0.2, 0.25) is 0 Å². The van der Waals surface area contributed by atoms with E-state index in [-0.39, 0.29) is 5.91 Å². The van der Waals surface area contributed by atoms with E-state index in [0.717, 1.165) is 22.0 Å². The topological polar surface area (TPSA) is 49.3 Å². The molecule has 0 N–H and O–H groups in total. The van der Waals surface area contributed by atoms with Crippen molar-refractivity contribution in [2.45, 2.75) is 0 Å². The first kappa shape index (κ1) is 19.2. The molecule has 1 aliphatic heterocycles. The highest BCUT2D eigenvalue weighted by atomic mass is 19.1. The van der Waals surface area contributed by atoms with E-state index < -0.39 is 5.82 Å². The lowest BCUT2D eigenvalue weighted by molar-refractivity contribution is -0.126. The number of pyridine rings is 2. The van der Waals surface area contributed by atoms with Gasteiger partial charge in [-0.25, -0.2) is 4.39 Å². The molecule has 2 aromatic heterocycles. The molecule has 2 aromatic carbocycles. The van der Waals surface area contributed by atoms with Crippen molar-refractivity contribution in [3.05, 3.63) is 79.4 Å². The number of hydrogen-bond acceptors (Lipinski definition) is 4. The van der Waals surface area contributed by atoms with Crippen LogP contribution in [0.3, 0.4) is 0 Å². The van der Waals surface area contributed by atoms with Crippen LogP contribution < -0.4 is 4.90 Å². The second kappa shape index (κ2) is 7.80. The van der Waals surface area contributed by atoms with Crippen LogP contribution >= 0.6 is 0 Å². The maximum atomic E-state index is 15.6. The summed E-state index contributed by atoms with van der Waals surface area (Å²) < 4.78 is 15.6. The molecule has 5 nitrogen and oxygen atoms in total. The Morgan fingerprint density at radius 2 is 1.74 bits per heavy atom. The highest BCUT2D eigenvalue weighted by Gasteiger charge is 2.23. The van der Waals surface area contributed by atoms with Crippen LogP contribution in [-0.4, -0.2) is 47.0 Å². The van der Waals surface area contributed by atoms with Gasteiger partial charge < -0.3 is 9.80 Å². The third-order valence-electron chi connectivity index (χ3n) is 5.86.